The molecule has 1 aromatic rings. The first-order chi connectivity index (χ1) is 7.36. The van der Waals surface area contributed by atoms with E-state index in [1.54, 1.807) is 7.11 Å². The lowest BCUT2D eigenvalue weighted by molar-refractivity contribution is 0.111. The van der Waals surface area contributed by atoms with Gasteiger partial charge in [0.1, 0.15) is 5.75 Å². The molecule has 80 valence electrons. The van der Waals surface area contributed by atoms with Crippen LogP contribution < -0.4 is 4.74 Å². The molecule has 1 aromatic carbocycles. The van der Waals surface area contributed by atoms with Crippen molar-refractivity contribution in [2.24, 2.45) is 0 Å². The van der Waals surface area contributed by atoms with Gasteiger partial charge < -0.3 is 4.74 Å². The molecule has 15 heavy (non-hydrogen) atoms. The third-order valence-electron chi connectivity index (χ3n) is 3.12. The van der Waals surface area contributed by atoms with Crippen molar-refractivity contribution in [3.8, 4) is 5.75 Å². The van der Waals surface area contributed by atoms with E-state index in [-0.39, 0.29) is 0 Å². The first kappa shape index (κ1) is 10.2. The van der Waals surface area contributed by atoms with Gasteiger partial charge in [0.2, 0.25) is 0 Å². The lowest BCUT2D eigenvalue weighted by Crippen LogP contribution is -2.00. The van der Waals surface area contributed by atoms with Gasteiger partial charge in [-0.3, -0.25) is 4.79 Å². The van der Waals surface area contributed by atoms with E-state index in [0.717, 1.165) is 24.7 Å². The molecule has 0 aliphatic heterocycles. The van der Waals surface area contributed by atoms with Gasteiger partial charge in [-0.2, -0.15) is 0 Å². The molecule has 0 unspecified atom stereocenters. The average molecular weight is 204 g/mol. The SMILES string of the molecule is COc1ccc2c(c1C=O)CCCCC2. The van der Waals surface area contributed by atoms with Crippen LogP contribution in [0, 0.1) is 0 Å². The molecule has 0 aromatic heterocycles. The molecule has 0 heterocycles. The molecule has 0 atom stereocenters. The highest BCUT2D eigenvalue weighted by Crippen LogP contribution is 2.29. The lowest BCUT2D eigenvalue weighted by atomic mass is 9.97. The van der Waals surface area contributed by atoms with Crippen LogP contribution in [0.2, 0.25) is 0 Å². The van der Waals surface area contributed by atoms with Crippen LogP contribution in [0.4, 0.5) is 0 Å². The molecule has 0 saturated heterocycles. The number of benzene rings is 1. The Bertz CT molecular complexity index is 369. The van der Waals surface area contributed by atoms with Crippen LogP contribution in [-0.2, 0) is 12.8 Å². The Morgan fingerprint density at radius 2 is 2.00 bits per heavy atom. The number of rotatable bonds is 2. The second-order valence-electron chi connectivity index (χ2n) is 4.00. The maximum atomic E-state index is 11.1. The molecule has 2 heteroatoms. The predicted molar refractivity (Wildman–Crippen MR) is 59.6 cm³/mol. The van der Waals surface area contributed by atoms with Crippen LogP contribution in [0.25, 0.3) is 0 Å². The molecule has 1 aliphatic carbocycles. The van der Waals surface area contributed by atoms with Gasteiger partial charge in [0, 0.05) is 0 Å². The quantitative estimate of drug-likeness (QED) is 0.547. The summed E-state index contributed by atoms with van der Waals surface area (Å²) in [6.45, 7) is 0. The summed E-state index contributed by atoms with van der Waals surface area (Å²) in [5, 5.41) is 0. The smallest absolute Gasteiger partial charge is 0.154 e. The van der Waals surface area contributed by atoms with Crippen molar-refractivity contribution in [2.75, 3.05) is 7.11 Å². The number of ether oxygens (including phenoxy) is 1. The molecule has 0 bridgehead atoms. The normalized spacial score (nSPS) is 15.3. The molecule has 1 aliphatic rings. The molecule has 0 N–H and O–H groups in total. The van der Waals surface area contributed by atoms with Gasteiger partial charge in [0.05, 0.1) is 12.7 Å². The van der Waals surface area contributed by atoms with Crippen LogP contribution in [0.1, 0.15) is 40.7 Å². The van der Waals surface area contributed by atoms with Gasteiger partial charge in [-0.05, 0) is 42.9 Å². The van der Waals surface area contributed by atoms with E-state index in [0.29, 0.717) is 5.75 Å². The Labute approximate surface area is 90.3 Å². The second-order valence-corrected chi connectivity index (χ2v) is 4.00. The maximum Gasteiger partial charge on any atom is 0.154 e. The van der Waals surface area contributed by atoms with E-state index < -0.39 is 0 Å². The van der Waals surface area contributed by atoms with E-state index in [2.05, 4.69) is 6.07 Å². The number of aldehydes is 1. The van der Waals surface area contributed by atoms with E-state index in [9.17, 15) is 4.79 Å². The maximum absolute atomic E-state index is 11.1. The first-order valence-corrected chi connectivity index (χ1v) is 5.50. The number of hydrogen-bond acceptors (Lipinski definition) is 2. The molecule has 2 nitrogen and oxygen atoms in total. The van der Waals surface area contributed by atoms with Crippen molar-refractivity contribution in [2.45, 2.75) is 32.1 Å². The monoisotopic (exact) mass is 204 g/mol. The summed E-state index contributed by atoms with van der Waals surface area (Å²) in [5.74, 6) is 0.714. The van der Waals surface area contributed by atoms with Crippen molar-refractivity contribution in [1.29, 1.82) is 0 Å². The highest BCUT2D eigenvalue weighted by Gasteiger charge is 2.15. The lowest BCUT2D eigenvalue weighted by Gasteiger charge is -2.12. The third-order valence-corrected chi connectivity index (χ3v) is 3.12. The van der Waals surface area contributed by atoms with Crippen molar-refractivity contribution in [3.63, 3.8) is 0 Å². The van der Waals surface area contributed by atoms with Crippen molar-refractivity contribution >= 4 is 6.29 Å². The van der Waals surface area contributed by atoms with E-state index in [1.165, 1.54) is 30.4 Å². The van der Waals surface area contributed by atoms with Crippen LogP contribution in [0.3, 0.4) is 0 Å². The number of aryl methyl sites for hydroxylation is 1. The summed E-state index contributed by atoms with van der Waals surface area (Å²) in [4.78, 5) is 11.1. The highest BCUT2D eigenvalue weighted by atomic mass is 16.5. The molecule has 2 rings (SSSR count). The van der Waals surface area contributed by atoms with Crippen molar-refractivity contribution in [3.05, 3.63) is 28.8 Å². The summed E-state index contributed by atoms with van der Waals surface area (Å²) in [7, 11) is 1.62. The molecule has 0 spiro atoms. The van der Waals surface area contributed by atoms with Gasteiger partial charge in [-0.15, -0.1) is 0 Å². The Morgan fingerprint density at radius 1 is 1.20 bits per heavy atom. The van der Waals surface area contributed by atoms with Crippen molar-refractivity contribution < 1.29 is 9.53 Å². The molecular formula is C13H16O2. The highest BCUT2D eigenvalue weighted by molar-refractivity contribution is 5.82. The second kappa shape index (κ2) is 4.47. The van der Waals surface area contributed by atoms with Gasteiger partial charge in [-0.1, -0.05) is 12.5 Å². The summed E-state index contributed by atoms with van der Waals surface area (Å²) in [5.41, 5.74) is 3.30. The predicted octanol–water partition coefficient (Wildman–Crippen LogP) is 2.78. The minimum atomic E-state index is 0.714. The van der Waals surface area contributed by atoms with Gasteiger partial charge in [0.25, 0.3) is 0 Å². The zero-order valence-corrected chi connectivity index (χ0v) is 9.08. The van der Waals surface area contributed by atoms with Crippen LogP contribution in [-0.4, -0.2) is 13.4 Å². The number of fused-ring (bicyclic) bond motifs is 1. The fourth-order valence-electron chi connectivity index (χ4n) is 2.32. The van der Waals surface area contributed by atoms with Gasteiger partial charge in [-0.25, -0.2) is 0 Å². The summed E-state index contributed by atoms with van der Waals surface area (Å²) < 4.78 is 5.21. The fourth-order valence-corrected chi connectivity index (χ4v) is 2.32. The molecule has 0 amide bonds. The van der Waals surface area contributed by atoms with Crippen LogP contribution in [0.15, 0.2) is 12.1 Å². The van der Waals surface area contributed by atoms with Gasteiger partial charge in [0.15, 0.2) is 6.29 Å². The number of methoxy groups -OCH3 is 1. The first-order valence-electron chi connectivity index (χ1n) is 5.50. The van der Waals surface area contributed by atoms with E-state index in [4.69, 9.17) is 4.74 Å². The zero-order chi connectivity index (χ0) is 10.7. The Balaban J connectivity index is 2.52. The minimum absolute atomic E-state index is 0.714. The minimum Gasteiger partial charge on any atom is -0.496 e. The summed E-state index contributed by atoms with van der Waals surface area (Å²) in [6.07, 6.45) is 6.72. The largest absolute Gasteiger partial charge is 0.496 e. The third kappa shape index (κ3) is 1.89. The number of carbonyl (C=O) groups excluding carboxylic acids is 1. The molecule has 0 radical (unpaired) electrons. The topological polar surface area (TPSA) is 26.3 Å². The van der Waals surface area contributed by atoms with Crippen LogP contribution >= 0.6 is 0 Å². The van der Waals surface area contributed by atoms with E-state index in [1.807, 2.05) is 6.07 Å². The molecule has 0 fully saturated rings. The molecular weight excluding hydrogens is 188 g/mol. The van der Waals surface area contributed by atoms with Crippen molar-refractivity contribution in [1.82, 2.24) is 0 Å². The number of carbonyl (C=O) groups is 1. The average Bonchev–Trinajstić information content (AvgIpc) is 2.52. The summed E-state index contributed by atoms with van der Waals surface area (Å²) >= 11 is 0. The fraction of sp³-hybridized carbons (Fsp3) is 0.462. The zero-order valence-electron chi connectivity index (χ0n) is 9.08. The Kier molecular flexibility index (Phi) is 3.05. The number of hydrogen-bond donors (Lipinski definition) is 0. The van der Waals surface area contributed by atoms with E-state index >= 15 is 0 Å². The Morgan fingerprint density at radius 3 is 2.73 bits per heavy atom. The Hall–Kier alpha value is -1.31. The summed E-state index contributed by atoms with van der Waals surface area (Å²) in [6, 6.07) is 4.01. The molecule has 0 saturated carbocycles. The van der Waals surface area contributed by atoms with Gasteiger partial charge >= 0.3 is 0 Å². The van der Waals surface area contributed by atoms with Crippen LogP contribution in [0.5, 0.6) is 5.75 Å². The standard InChI is InChI=1S/C13H16O2/c1-15-13-8-7-10-5-3-2-4-6-11(10)12(13)9-14/h7-9H,2-6H2,1H3.